The van der Waals surface area contributed by atoms with E-state index in [2.05, 4.69) is 10.6 Å². The number of benzene rings is 2. The maximum atomic E-state index is 12.0. The molecular formula is C17H19ClN2O3. The van der Waals surface area contributed by atoms with Crippen molar-refractivity contribution in [3.05, 3.63) is 52.5 Å². The molecule has 0 saturated carbocycles. The van der Waals surface area contributed by atoms with Crippen LogP contribution in [0, 0.1) is 6.92 Å². The zero-order valence-electron chi connectivity index (χ0n) is 13.3. The third-order valence-electron chi connectivity index (χ3n) is 3.42. The molecule has 23 heavy (non-hydrogen) atoms. The first kappa shape index (κ1) is 17.0. The predicted octanol–water partition coefficient (Wildman–Crippen LogP) is 3.99. The number of ether oxygens (including phenoxy) is 2. The van der Waals surface area contributed by atoms with Crippen LogP contribution in [0.5, 0.6) is 11.5 Å². The van der Waals surface area contributed by atoms with Crippen LogP contribution in [0.25, 0.3) is 0 Å². The lowest BCUT2D eigenvalue weighted by atomic mass is 10.2. The molecule has 2 aromatic carbocycles. The van der Waals surface area contributed by atoms with Crippen LogP contribution in [-0.2, 0) is 6.54 Å². The Kier molecular flexibility index (Phi) is 5.71. The monoisotopic (exact) mass is 334 g/mol. The van der Waals surface area contributed by atoms with E-state index in [0.717, 1.165) is 11.1 Å². The lowest BCUT2D eigenvalue weighted by Crippen LogP contribution is -2.28. The first-order valence-electron chi connectivity index (χ1n) is 7.06. The molecule has 0 aliphatic rings. The second-order valence-electron chi connectivity index (χ2n) is 4.91. The van der Waals surface area contributed by atoms with Crippen molar-refractivity contribution in [3.63, 3.8) is 0 Å². The van der Waals surface area contributed by atoms with Gasteiger partial charge in [-0.2, -0.15) is 0 Å². The van der Waals surface area contributed by atoms with Crippen molar-refractivity contribution in [3.8, 4) is 11.5 Å². The Hall–Kier alpha value is -2.40. The first-order valence-corrected chi connectivity index (χ1v) is 7.43. The highest BCUT2D eigenvalue weighted by Gasteiger charge is 2.08. The summed E-state index contributed by atoms with van der Waals surface area (Å²) in [5, 5.41) is 6.19. The van der Waals surface area contributed by atoms with Crippen LogP contribution in [-0.4, -0.2) is 20.3 Å². The Bertz CT molecular complexity index is 704. The zero-order valence-corrected chi connectivity index (χ0v) is 14.0. The molecule has 122 valence electrons. The van der Waals surface area contributed by atoms with Gasteiger partial charge in [0, 0.05) is 17.3 Å². The van der Waals surface area contributed by atoms with E-state index in [4.69, 9.17) is 21.1 Å². The number of carbonyl (C=O) groups excluding carboxylic acids is 1. The normalized spacial score (nSPS) is 10.1. The van der Waals surface area contributed by atoms with E-state index in [0.29, 0.717) is 28.8 Å². The van der Waals surface area contributed by atoms with E-state index < -0.39 is 0 Å². The molecule has 0 saturated heterocycles. The highest BCUT2D eigenvalue weighted by Crippen LogP contribution is 2.27. The molecule has 0 unspecified atom stereocenters. The molecule has 0 aromatic heterocycles. The average molecular weight is 335 g/mol. The highest BCUT2D eigenvalue weighted by atomic mass is 35.5. The summed E-state index contributed by atoms with van der Waals surface area (Å²) in [7, 11) is 3.15. The molecule has 0 aliphatic heterocycles. The maximum Gasteiger partial charge on any atom is 0.319 e. The summed E-state index contributed by atoms with van der Waals surface area (Å²) in [6.07, 6.45) is 0. The fraction of sp³-hybridized carbons (Fsp3) is 0.235. The maximum absolute atomic E-state index is 12.0. The molecule has 5 nitrogen and oxygen atoms in total. The number of carbonyl (C=O) groups is 1. The van der Waals surface area contributed by atoms with Crippen molar-refractivity contribution in [2.24, 2.45) is 0 Å². The van der Waals surface area contributed by atoms with E-state index in [1.807, 2.05) is 19.1 Å². The van der Waals surface area contributed by atoms with Crippen LogP contribution in [0.15, 0.2) is 36.4 Å². The van der Waals surface area contributed by atoms with Gasteiger partial charge in [0.25, 0.3) is 0 Å². The number of hydrogen-bond acceptors (Lipinski definition) is 3. The Labute approximate surface area is 140 Å². The minimum Gasteiger partial charge on any atom is -0.493 e. The molecule has 2 aromatic rings. The molecule has 0 radical (unpaired) electrons. The summed E-state index contributed by atoms with van der Waals surface area (Å²) in [4.78, 5) is 12.0. The largest absolute Gasteiger partial charge is 0.493 e. The van der Waals surface area contributed by atoms with Crippen LogP contribution in [0.2, 0.25) is 5.02 Å². The summed E-state index contributed by atoms with van der Waals surface area (Å²) in [5.74, 6) is 1.27. The fourth-order valence-electron chi connectivity index (χ4n) is 2.08. The van der Waals surface area contributed by atoms with Crippen molar-refractivity contribution in [1.82, 2.24) is 5.32 Å². The average Bonchev–Trinajstić information content (AvgIpc) is 2.56. The van der Waals surface area contributed by atoms with Crippen LogP contribution in [0.4, 0.5) is 10.5 Å². The molecule has 0 bridgehead atoms. The minimum atomic E-state index is -0.301. The van der Waals surface area contributed by atoms with E-state index in [9.17, 15) is 4.79 Å². The summed E-state index contributed by atoms with van der Waals surface area (Å²) >= 11 is 6.03. The van der Waals surface area contributed by atoms with Gasteiger partial charge in [0.05, 0.1) is 14.2 Å². The molecule has 0 heterocycles. The minimum absolute atomic E-state index is 0.301. The summed E-state index contributed by atoms with van der Waals surface area (Å²) in [6.45, 7) is 2.22. The predicted molar refractivity (Wildman–Crippen MR) is 91.6 cm³/mol. The van der Waals surface area contributed by atoms with Crippen molar-refractivity contribution >= 4 is 23.3 Å². The van der Waals surface area contributed by atoms with Gasteiger partial charge in [0.15, 0.2) is 11.5 Å². The van der Waals surface area contributed by atoms with Crippen molar-refractivity contribution < 1.29 is 14.3 Å². The number of hydrogen-bond donors (Lipinski definition) is 2. The summed E-state index contributed by atoms with van der Waals surface area (Å²) < 4.78 is 10.4. The first-order chi connectivity index (χ1) is 11.0. The molecule has 0 atom stereocenters. The molecule has 0 fully saturated rings. The number of methoxy groups -OCH3 is 2. The van der Waals surface area contributed by atoms with Gasteiger partial charge >= 0.3 is 6.03 Å². The second kappa shape index (κ2) is 7.74. The fourth-order valence-corrected chi connectivity index (χ4v) is 2.26. The topological polar surface area (TPSA) is 59.6 Å². The molecule has 0 aliphatic carbocycles. The number of anilines is 1. The molecule has 2 rings (SSSR count). The standard InChI is InChI=1S/C17H19ClN2O3/c1-11-13(18)5-4-6-14(11)20-17(21)19-10-12-7-8-15(22-2)16(9-12)23-3/h4-9H,10H2,1-3H3,(H2,19,20,21). The van der Waals surface area contributed by atoms with Gasteiger partial charge < -0.3 is 20.1 Å². The van der Waals surface area contributed by atoms with Gasteiger partial charge in [-0.25, -0.2) is 4.79 Å². The Balaban J connectivity index is 1.98. The van der Waals surface area contributed by atoms with Crippen LogP contribution < -0.4 is 20.1 Å². The van der Waals surface area contributed by atoms with Crippen molar-refractivity contribution in [1.29, 1.82) is 0 Å². The van der Waals surface area contributed by atoms with Crippen molar-refractivity contribution in [2.45, 2.75) is 13.5 Å². The molecule has 0 spiro atoms. The molecule has 2 amide bonds. The van der Waals surface area contributed by atoms with Gasteiger partial charge in [0.2, 0.25) is 0 Å². The van der Waals surface area contributed by atoms with Gasteiger partial charge in [0.1, 0.15) is 0 Å². The zero-order chi connectivity index (χ0) is 16.8. The number of urea groups is 1. The van der Waals surface area contributed by atoms with E-state index >= 15 is 0 Å². The Morgan fingerprint density at radius 2 is 1.87 bits per heavy atom. The van der Waals surface area contributed by atoms with Gasteiger partial charge in [-0.3, -0.25) is 0 Å². The van der Waals surface area contributed by atoms with E-state index in [1.54, 1.807) is 38.5 Å². The smallest absolute Gasteiger partial charge is 0.319 e. The summed E-state index contributed by atoms with van der Waals surface area (Å²) in [6, 6.07) is 10.6. The molecule has 2 N–H and O–H groups in total. The number of halogens is 1. The third kappa shape index (κ3) is 4.29. The van der Waals surface area contributed by atoms with Gasteiger partial charge in [-0.15, -0.1) is 0 Å². The van der Waals surface area contributed by atoms with Crippen LogP contribution in [0.3, 0.4) is 0 Å². The van der Waals surface area contributed by atoms with Crippen LogP contribution in [0.1, 0.15) is 11.1 Å². The van der Waals surface area contributed by atoms with Gasteiger partial charge in [-0.1, -0.05) is 23.7 Å². The number of nitrogens with one attached hydrogen (secondary N) is 2. The second-order valence-corrected chi connectivity index (χ2v) is 5.32. The Morgan fingerprint density at radius 1 is 1.13 bits per heavy atom. The van der Waals surface area contributed by atoms with E-state index in [-0.39, 0.29) is 6.03 Å². The highest BCUT2D eigenvalue weighted by molar-refractivity contribution is 6.31. The van der Waals surface area contributed by atoms with Crippen molar-refractivity contribution in [2.75, 3.05) is 19.5 Å². The van der Waals surface area contributed by atoms with Crippen LogP contribution >= 0.6 is 11.6 Å². The third-order valence-corrected chi connectivity index (χ3v) is 3.83. The molecular weight excluding hydrogens is 316 g/mol. The number of rotatable bonds is 5. The lowest BCUT2D eigenvalue weighted by molar-refractivity contribution is 0.251. The molecule has 6 heteroatoms. The van der Waals surface area contributed by atoms with Gasteiger partial charge in [-0.05, 0) is 42.3 Å². The number of amides is 2. The SMILES string of the molecule is COc1ccc(CNC(=O)Nc2cccc(Cl)c2C)cc1OC. The quantitative estimate of drug-likeness (QED) is 0.869. The summed E-state index contributed by atoms with van der Waals surface area (Å²) in [5.41, 5.74) is 2.42. The Morgan fingerprint density at radius 3 is 2.57 bits per heavy atom. The lowest BCUT2D eigenvalue weighted by Gasteiger charge is -2.12. The van der Waals surface area contributed by atoms with E-state index in [1.165, 1.54) is 0 Å².